The number of carbonyl (C=O) groups excluding carboxylic acids is 2. The van der Waals surface area contributed by atoms with Gasteiger partial charge in [0.1, 0.15) is 28.9 Å². The van der Waals surface area contributed by atoms with E-state index in [-0.39, 0.29) is 16.9 Å². The molecule has 0 aromatic heterocycles. The van der Waals surface area contributed by atoms with Crippen molar-refractivity contribution in [3.05, 3.63) is 94.6 Å². The molecule has 1 unspecified atom stereocenters. The highest BCUT2D eigenvalue weighted by Gasteiger charge is 2.47. The van der Waals surface area contributed by atoms with Crippen LogP contribution in [0, 0.1) is 18.6 Å². The van der Waals surface area contributed by atoms with E-state index in [1.54, 1.807) is 25.1 Å². The number of aryl methyl sites for hydroxylation is 1. The Bertz CT molecular complexity index is 1330. The second kappa shape index (κ2) is 9.58. The normalized spacial score (nSPS) is 17.1. The number of hydrogen-bond donors (Lipinski definition) is 2. The van der Waals surface area contributed by atoms with Crippen molar-refractivity contribution in [2.24, 2.45) is 0 Å². The molecule has 180 valence electrons. The number of ketones is 1. The van der Waals surface area contributed by atoms with Crippen molar-refractivity contribution in [1.29, 1.82) is 0 Å². The average Bonchev–Trinajstić information content (AvgIpc) is 3.10. The highest BCUT2D eigenvalue weighted by atomic mass is 19.1. The Morgan fingerprint density at radius 2 is 1.74 bits per heavy atom. The summed E-state index contributed by atoms with van der Waals surface area (Å²) in [6, 6.07) is 11.7. The fraction of sp³-hybridized carbons (Fsp3) is 0.185. The molecule has 6 nitrogen and oxygen atoms in total. The minimum Gasteiger partial charge on any atom is -0.508 e. The van der Waals surface area contributed by atoms with Gasteiger partial charge in [0.15, 0.2) is 0 Å². The first-order chi connectivity index (χ1) is 16.7. The number of halogens is 2. The van der Waals surface area contributed by atoms with Gasteiger partial charge in [-0.15, -0.1) is 0 Å². The maximum Gasteiger partial charge on any atom is 0.300 e. The van der Waals surface area contributed by atoms with Crippen LogP contribution in [0.15, 0.2) is 66.2 Å². The van der Waals surface area contributed by atoms with E-state index in [0.29, 0.717) is 23.5 Å². The van der Waals surface area contributed by atoms with Crippen LogP contribution in [0.4, 0.5) is 14.5 Å². The third kappa shape index (κ3) is 4.47. The van der Waals surface area contributed by atoms with Crippen molar-refractivity contribution in [3.8, 4) is 11.5 Å². The van der Waals surface area contributed by atoms with Crippen LogP contribution in [0.2, 0.25) is 0 Å². The van der Waals surface area contributed by atoms with Gasteiger partial charge < -0.3 is 14.9 Å². The summed E-state index contributed by atoms with van der Waals surface area (Å²) in [5, 5.41) is 20.9. The third-order valence-electron chi connectivity index (χ3n) is 5.73. The van der Waals surface area contributed by atoms with Gasteiger partial charge in [0.05, 0.1) is 23.9 Å². The summed E-state index contributed by atoms with van der Waals surface area (Å²) < 4.78 is 34.4. The number of anilines is 1. The summed E-state index contributed by atoms with van der Waals surface area (Å²) in [4.78, 5) is 27.0. The first kappa shape index (κ1) is 23.9. The molecule has 35 heavy (non-hydrogen) atoms. The molecular formula is C27H23F2NO5. The Morgan fingerprint density at radius 3 is 2.40 bits per heavy atom. The maximum absolute atomic E-state index is 14.7. The summed E-state index contributed by atoms with van der Waals surface area (Å²) in [6.07, 6.45) is 0.813. The maximum atomic E-state index is 14.7. The number of rotatable bonds is 6. The molecule has 1 saturated heterocycles. The lowest BCUT2D eigenvalue weighted by atomic mass is 9.94. The predicted molar refractivity (Wildman–Crippen MR) is 126 cm³/mol. The van der Waals surface area contributed by atoms with Gasteiger partial charge in [-0.1, -0.05) is 19.1 Å². The molecule has 3 aromatic carbocycles. The summed E-state index contributed by atoms with van der Waals surface area (Å²) in [7, 11) is 0. The first-order valence-electron chi connectivity index (χ1n) is 11.0. The monoisotopic (exact) mass is 479 g/mol. The van der Waals surface area contributed by atoms with Gasteiger partial charge in [-0.05, 0) is 66.9 Å². The van der Waals surface area contributed by atoms with Gasteiger partial charge in [-0.25, -0.2) is 8.78 Å². The molecule has 4 rings (SSSR count). The van der Waals surface area contributed by atoms with E-state index in [0.717, 1.165) is 29.5 Å². The number of aromatic hydroxyl groups is 1. The third-order valence-corrected chi connectivity index (χ3v) is 5.73. The molecule has 1 atom stereocenters. The molecule has 1 aliphatic heterocycles. The topological polar surface area (TPSA) is 87.1 Å². The molecular weight excluding hydrogens is 456 g/mol. The van der Waals surface area contributed by atoms with E-state index in [1.165, 1.54) is 24.3 Å². The quantitative estimate of drug-likeness (QED) is 0.281. The lowest BCUT2D eigenvalue weighted by molar-refractivity contribution is -0.132. The Kier molecular flexibility index (Phi) is 6.55. The van der Waals surface area contributed by atoms with Crippen molar-refractivity contribution >= 4 is 23.1 Å². The van der Waals surface area contributed by atoms with Crippen LogP contribution in [-0.2, 0) is 9.59 Å². The zero-order valence-electron chi connectivity index (χ0n) is 19.1. The second-order valence-electron chi connectivity index (χ2n) is 8.19. The number of carbonyl (C=O) groups is 2. The number of phenolic OH excluding ortho intramolecular Hbond substituents is 1. The van der Waals surface area contributed by atoms with Gasteiger partial charge in [0.2, 0.25) is 0 Å². The molecule has 0 radical (unpaired) electrons. The Labute approximate surface area is 200 Å². The molecule has 3 aromatic rings. The largest absolute Gasteiger partial charge is 0.508 e. The number of Topliss-reactive ketones (excluding diaryl/α,β-unsaturated/α-hetero) is 1. The van der Waals surface area contributed by atoms with E-state index in [9.17, 15) is 28.6 Å². The molecule has 1 heterocycles. The van der Waals surface area contributed by atoms with Crippen molar-refractivity contribution in [2.75, 3.05) is 11.5 Å². The minimum absolute atomic E-state index is 0.0686. The SMILES string of the molecule is CCCOc1ccc(/C(O)=C2\C(=O)C(=O)N(c3cc(F)ccc3F)C2c2ccc(O)cc2)cc1C. The number of amides is 1. The van der Waals surface area contributed by atoms with Crippen LogP contribution in [-0.4, -0.2) is 28.5 Å². The predicted octanol–water partition coefficient (Wildman–Crippen LogP) is 5.39. The fourth-order valence-corrected chi connectivity index (χ4v) is 4.05. The van der Waals surface area contributed by atoms with Crippen LogP contribution in [0.25, 0.3) is 5.76 Å². The molecule has 0 bridgehead atoms. The minimum atomic E-state index is -1.26. The molecule has 1 amide bonds. The lowest BCUT2D eigenvalue weighted by Crippen LogP contribution is -2.30. The summed E-state index contributed by atoms with van der Waals surface area (Å²) >= 11 is 0. The standard InChI is InChI=1S/C27H23F2NO5/c1-3-12-35-22-11-6-17(13-15(22)2)25(32)23-24(16-4-8-19(31)9-5-16)30(27(34)26(23)33)21-14-18(28)7-10-20(21)29/h4-11,13-14,24,31-32H,3,12H2,1-2H3/b25-23+. The Balaban J connectivity index is 1.90. The number of nitrogens with zero attached hydrogens (tertiary/aromatic N) is 1. The lowest BCUT2D eigenvalue weighted by Gasteiger charge is -2.26. The van der Waals surface area contributed by atoms with Crippen molar-refractivity contribution in [1.82, 2.24) is 0 Å². The van der Waals surface area contributed by atoms with Gasteiger partial charge in [-0.3, -0.25) is 14.5 Å². The van der Waals surface area contributed by atoms with Gasteiger partial charge >= 0.3 is 0 Å². The number of aliphatic hydroxyl groups excluding tert-OH is 1. The van der Waals surface area contributed by atoms with Crippen LogP contribution in [0.3, 0.4) is 0 Å². The van der Waals surface area contributed by atoms with Crippen LogP contribution >= 0.6 is 0 Å². The zero-order valence-corrected chi connectivity index (χ0v) is 19.1. The molecule has 1 fully saturated rings. The Hall–Kier alpha value is -4.20. The number of benzene rings is 3. The van der Waals surface area contributed by atoms with Crippen LogP contribution in [0.1, 0.15) is 36.1 Å². The molecule has 0 aliphatic carbocycles. The molecule has 2 N–H and O–H groups in total. The van der Waals surface area contributed by atoms with Gasteiger partial charge in [-0.2, -0.15) is 0 Å². The molecule has 0 saturated carbocycles. The number of aliphatic hydroxyl groups is 1. The summed E-state index contributed by atoms with van der Waals surface area (Å²) in [5.41, 5.74) is 0.545. The second-order valence-corrected chi connectivity index (χ2v) is 8.19. The number of ether oxygens (including phenoxy) is 1. The molecule has 8 heteroatoms. The number of hydrogen-bond acceptors (Lipinski definition) is 5. The first-order valence-corrected chi connectivity index (χ1v) is 11.0. The summed E-state index contributed by atoms with van der Waals surface area (Å²) in [5.74, 6) is -3.80. The number of phenols is 1. The van der Waals surface area contributed by atoms with E-state index in [4.69, 9.17) is 4.74 Å². The van der Waals surface area contributed by atoms with E-state index >= 15 is 0 Å². The molecule has 1 aliphatic rings. The average molecular weight is 479 g/mol. The highest BCUT2D eigenvalue weighted by molar-refractivity contribution is 6.51. The fourth-order valence-electron chi connectivity index (χ4n) is 4.05. The smallest absolute Gasteiger partial charge is 0.300 e. The highest BCUT2D eigenvalue weighted by Crippen LogP contribution is 2.43. The zero-order chi connectivity index (χ0) is 25.3. The van der Waals surface area contributed by atoms with Crippen LogP contribution in [0.5, 0.6) is 11.5 Å². The molecule has 0 spiro atoms. The van der Waals surface area contributed by atoms with Crippen LogP contribution < -0.4 is 9.64 Å². The van der Waals surface area contributed by atoms with E-state index in [1.807, 2.05) is 6.92 Å². The van der Waals surface area contributed by atoms with Crippen molar-refractivity contribution in [3.63, 3.8) is 0 Å². The van der Waals surface area contributed by atoms with E-state index < -0.39 is 40.8 Å². The summed E-state index contributed by atoms with van der Waals surface area (Å²) in [6.45, 7) is 4.26. The van der Waals surface area contributed by atoms with E-state index in [2.05, 4.69) is 0 Å². The van der Waals surface area contributed by atoms with Crippen molar-refractivity contribution < 1.29 is 33.3 Å². The van der Waals surface area contributed by atoms with Crippen molar-refractivity contribution in [2.45, 2.75) is 26.3 Å². The van der Waals surface area contributed by atoms with Gasteiger partial charge in [0, 0.05) is 11.6 Å². The Morgan fingerprint density at radius 1 is 1.03 bits per heavy atom. The van der Waals surface area contributed by atoms with Gasteiger partial charge in [0.25, 0.3) is 11.7 Å².